The van der Waals surface area contributed by atoms with Crippen molar-refractivity contribution in [3.63, 3.8) is 0 Å². The average Bonchev–Trinajstić information content (AvgIpc) is 2.93. The molecule has 0 atom stereocenters. The van der Waals surface area contributed by atoms with Gasteiger partial charge >= 0.3 is 11.9 Å². The van der Waals surface area contributed by atoms with Crippen molar-refractivity contribution >= 4 is 29.4 Å². The van der Waals surface area contributed by atoms with Gasteiger partial charge in [0.25, 0.3) is 11.4 Å². The SMILES string of the molecule is CCCCCC1CCC(C(=O)Oc2ccc(/C=C/C(=O)OCCc3ccc([N+](=O)[O-])cc3[N+](=O)[O-])cc2)CC1. The van der Waals surface area contributed by atoms with Crippen molar-refractivity contribution in [1.29, 1.82) is 0 Å². The van der Waals surface area contributed by atoms with Crippen molar-refractivity contribution < 1.29 is 28.9 Å². The minimum atomic E-state index is -0.709. The molecule has 0 radical (unpaired) electrons. The molecule has 10 nitrogen and oxygen atoms in total. The van der Waals surface area contributed by atoms with Gasteiger partial charge in [0.05, 0.1) is 28.4 Å². The smallest absolute Gasteiger partial charge is 0.330 e. The zero-order valence-corrected chi connectivity index (χ0v) is 22.1. The zero-order chi connectivity index (χ0) is 28.2. The Balaban J connectivity index is 1.42. The molecule has 1 aliphatic carbocycles. The minimum Gasteiger partial charge on any atom is -0.462 e. The Morgan fingerprint density at radius 2 is 1.69 bits per heavy atom. The fourth-order valence-electron chi connectivity index (χ4n) is 4.74. The highest BCUT2D eigenvalue weighted by Gasteiger charge is 2.27. The molecular formula is C29H34N2O8. The number of ether oxygens (including phenoxy) is 2. The van der Waals surface area contributed by atoms with Crippen molar-refractivity contribution in [3.8, 4) is 5.75 Å². The lowest BCUT2D eigenvalue weighted by molar-refractivity contribution is -0.394. The van der Waals surface area contributed by atoms with Gasteiger partial charge in [0, 0.05) is 24.1 Å². The lowest BCUT2D eigenvalue weighted by atomic mass is 9.80. The number of carbonyl (C=O) groups excluding carboxylic acids is 2. The third-order valence-corrected chi connectivity index (χ3v) is 7.00. The molecule has 39 heavy (non-hydrogen) atoms. The molecule has 1 saturated carbocycles. The molecule has 0 bridgehead atoms. The van der Waals surface area contributed by atoms with Crippen molar-refractivity contribution in [2.24, 2.45) is 11.8 Å². The van der Waals surface area contributed by atoms with E-state index in [9.17, 15) is 29.8 Å². The third-order valence-electron chi connectivity index (χ3n) is 7.00. The van der Waals surface area contributed by atoms with Crippen molar-refractivity contribution in [1.82, 2.24) is 0 Å². The Morgan fingerprint density at radius 3 is 2.33 bits per heavy atom. The van der Waals surface area contributed by atoms with Gasteiger partial charge < -0.3 is 9.47 Å². The summed E-state index contributed by atoms with van der Waals surface area (Å²) in [4.78, 5) is 45.3. The van der Waals surface area contributed by atoms with E-state index in [-0.39, 0.29) is 36.2 Å². The summed E-state index contributed by atoms with van der Waals surface area (Å²) in [5, 5.41) is 22.0. The molecule has 1 aliphatic rings. The number of non-ortho nitro benzene ring substituents is 1. The quantitative estimate of drug-likeness (QED) is 0.0694. The van der Waals surface area contributed by atoms with E-state index in [1.54, 1.807) is 30.3 Å². The Hall–Kier alpha value is -4.08. The van der Waals surface area contributed by atoms with Gasteiger partial charge in [-0.15, -0.1) is 0 Å². The number of carbonyl (C=O) groups is 2. The second kappa shape index (κ2) is 14.8. The zero-order valence-electron chi connectivity index (χ0n) is 22.1. The van der Waals surface area contributed by atoms with Gasteiger partial charge in [-0.25, -0.2) is 4.79 Å². The van der Waals surface area contributed by atoms with Crippen LogP contribution in [-0.4, -0.2) is 28.4 Å². The maximum atomic E-state index is 12.6. The largest absolute Gasteiger partial charge is 0.462 e. The summed E-state index contributed by atoms with van der Waals surface area (Å²) >= 11 is 0. The van der Waals surface area contributed by atoms with Crippen LogP contribution in [0.5, 0.6) is 5.75 Å². The van der Waals surface area contributed by atoms with Gasteiger partial charge in [0.1, 0.15) is 5.75 Å². The van der Waals surface area contributed by atoms with E-state index in [1.165, 1.54) is 43.9 Å². The molecule has 1 fully saturated rings. The molecule has 0 N–H and O–H groups in total. The first-order valence-corrected chi connectivity index (χ1v) is 13.3. The molecule has 0 aliphatic heterocycles. The number of hydrogen-bond donors (Lipinski definition) is 0. The topological polar surface area (TPSA) is 139 Å². The first kappa shape index (κ1) is 29.5. The standard InChI is InChI=1S/C29H34N2O8/c1-2-3-4-5-21-6-11-24(12-7-21)29(33)39-26-15-8-22(9-16-26)10-17-28(32)38-19-18-23-13-14-25(30(34)35)20-27(23)31(36)37/h8-10,13-17,20-21,24H,2-7,11-12,18-19H2,1H3/b17-10+. The van der Waals surface area contributed by atoms with Gasteiger partial charge in [0.2, 0.25) is 0 Å². The molecule has 2 aromatic carbocycles. The van der Waals surface area contributed by atoms with E-state index < -0.39 is 21.5 Å². The second-order valence-corrected chi connectivity index (χ2v) is 9.78. The summed E-state index contributed by atoms with van der Waals surface area (Å²) in [7, 11) is 0. The number of unbranched alkanes of at least 4 members (excludes halogenated alkanes) is 2. The predicted molar refractivity (Wildman–Crippen MR) is 145 cm³/mol. The normalized spacial score (nSPS) is 17.1. The molecule has 0 unspecified atom stereocenters. The van der Waals surface area contributed by atoms with Crippen LogP contribution in [0.25, 0.3) is 6.08 Å². The summed E-state index contributed by atoms with van der Waals surface area (Å²) in [5.41, 5.74) is 0.149. The van der Waals surface area contributed by atoms with E-state index in [2.05, 4.69) is 6.92 Å². The number of hydrogen-bond acceptors (Lipinski definition) is 8. The number of nitro benzene ring substituents is 2. The van der Waals surface area contributed by atoms with E-state index in [1.807, 2.05) is 0 Å². The van der Waals surface area contributed by atoms with Gasteiger partial charge in [-0.1, -0.05) is 44.7 Å². The van der Waals surface area contributed by atoms with Gasteiger partial charge in [-0.05, 0) is 61.4 Å². The number of esters is 2. The highest BCUT2D eigenvalue weighted by Crippen LogP contribution is 2.33. The van der Waals surface area contributed by atoms with E-state index >= 15 is 0 Å². The van der Waals surface area contributed by atoms with Crippen LogP contribution in [0.4, 0.5) is 11.4 Å². The first-order chi connectivity index (χ1) is 18.8. The van der Waals surface area contributed by atoms with Crippen LogP contribution in [0.15, 0.2) is 48.5 Å². The molecular weight excluding hydrogens is 504 g/mol. The molecule has 0 amide bonds. The van der Waals surface area contributed by atoms with Crippen LogP contribution in [0.3, 0.4) is 0 Å². The average molecular weight is 539 g/mol. The summed E-state index contributed by atoms with van der Waals surface area (Å²) < 4.78 is 10.7. The van der Waals surface area contributed by atoms with Crippen LogP contribution < -0.4 is 4.74 Å². The molecule has 3 rings (SSSR count). The molecule has 0 saturated heterocycles. The Kier molecular flexibility index (Phi) is 11.1. The number of nitrogens with zero attached hydrogens (tertiary/aromatic N) is 2. The highest BCUT2D eigenvalue weighted by molar-refractivity contribution is 5.87. The third kappa shape index (κ3) is 9.31. The number of rotatable bonds is 13. The Labute approximate surface area is 227 Å². The number of nitro groups is 2. The Bertz CT molecular complexity index is 1180. The fourth-order valence-corrected chi connectivity index (χ4v) is 4.74. The molecule has 2 aromatic rings. The molecule has 208 valence electrons. The van der Waals surface area contributed by atoms with Gasteiger partial charge in [-0.3, -0.25) is 25.0 Å². The van der Waals surface area contributed by atoms with Crippen molar-refractivity contribution in [3.05, 3.63) is 79.9 Å². The first-order valence-electron chi connectivity index (χ1n) is 13.3. The number of benzene rings is 2. The minimum absolute atomic E-state index is 0.0362. The summed E-state index contributed by atoms with van der Waals surface area (Å²) in [6.07, 6.45) is 11.7. The second-order valence-electron chi connectivity index (χ2n) is 9.78. The highest BCUT2D eigenvalue weighted by atomic mass is 16.6. The fraction of sp³-hybridized carbons (Fsp3) is 0.448. The van der Waals surface area contributed by atoms with Crippen LogP contribution in [0, 0.1) is 32.1 Å². The van der Waals surface area contributed by atoms with E-state index in [0.29, 0.717) is 11.3 Å². The lowest BCUT2D eigenvalue weighted by Gasteiger charge is -2.27. The van der Waals surface area contributed by atoms with Crippen LogP contribution in [-0.2, 0) is 20.7 Å². The van der Waals surface area contributed by atoms with Crippen LogP contribution in [0.2, 0.25) is 0 Å². The molecule has 0 aromatic heterocycles. The summed E-state index contributed by atoms with van der Waals surface area (Å²) in [6.45, 7) is 2.08. The monoisotopic (exact) mass is 538 g/mol. The molecule has 0 heterocycles. The maximum Gasteiger partial charge on any atom is 0.330 e. The lowest BCUT2D eigenvalue weighted by Crippen LogP contribution is -2.25. The van der Waals surface area contributed by atoms with Crippen LogP contribution in [0.1, 0.15) is 69.4 Å². The van der Waals surface area contributed by atoms with Gasteiger partial charge in [-0.2, -0.15) is 0 Å². The molecule has 10 heteroatoms. The van der Waals surface area contributed by atoms with E-state index in [0.717, 1.165) is 37.7 Å². The van der Waals surface area contributed by atoms with Gasteiger partial charge in [0.15, 0.2) is 0 Å². The summed E-state index contributed by atoms with van der Waals surface area (Å²) in [5.74, 6) is 0.283. The molecule has 0 spiro atoms. The Morgan fingerprint density at radius 1 is 0.974 bits per heavy atom. The van der Waals surface area contributed by atoms with Crippen LogP contribution >= 0.6 is 0 Å². The summed E-state index contributed by atoms with van der Waals surface area (Å²) in [6, 6.07) is 10.1. The van der Waals surface area contributed by atoms with Crippen molar-refractivity contribution in [2.75, 3.05) is 6.61 Å². The van der Waals surface area contributed by atoms with E-state index in [4.69, 9.17) is 9.47 Å². The van der Waals surface area contributed by atoms with Crippen molar-refractivity contribution in [2.45, 2.75) is 64.7 Å². The predicted octanol–water partition coefficient (Wildman–Crippen LogP) is 6.59. The maximum absolute atomic E-state index is 12.6.